The fraction of sp³-hybridized carbons (Fsp3) is 0.909. The molecule has 1 aliphatic carbocycles. The molecule has 0 spiro atoms. The second-order valence-electron chi connectivity index (χ2n) is 4.25. The number of hydrogen-bond acceptors (Lipinski definition) is 0. The largest absolute Gasteiger partial charge is 0.0628 e. The molecule has 1 aliphatic rings. The van der Waals surface area contributed by atoms with Crippen LogP contribution >= 0.6 is 0 Å². The van der Waals surface area contributed by atoms with Crippen molar-refractivity contribution in [2.24, 2.45) is 11.8 Å². The lowest BCUT2D eigenvalue weighted by Crippen LogP contribution is -2.07. The molecule has 1 radical (unpaired) electrons. The van der Waals surface area contributed by atoms with Crippen molar-refractivity contribution in [1.82, 2.24) is 0 Å². The highest BCUT2D eigenvalue weighted by molar-refractivity contribution is 4.80. The van der Waals surface area contributed by atoms with Crippen molar-refractivity contribution in [1.29, 1.82) is 0 Å². The van der Waals surface area contributed by atoms with Gasteiger partial charge in [0.15, 0.2) is 0 Å². The Labute approximate surface area is 71.4 Å². The van der Waals surface area contributed by atoms with Crippen molar-refractivity contribution < 1.29 is 0 Å². The van der Waals surface area contributed by atoms with Gasteiger partial charge in [0.25, 0.3) is 0 Å². The van der Waals surface area contributed by atoms with Gasteiger partial charge < -0.3 is 0 Å². The molecule has 0 bridgehead atoms. The maximum atomic E-state index is 2.55. The monoisotopic (exact) mass is 153 g/mol. The molecule has 0 amide bonds. The molecule has 0 aliphatic heterocycles. The Hall–Kier alpha value is 0. The van der Waals surface area contributed by atoms with Crippen LogP contribution in [-0.4, -0.2) is 0 Å². The van der Waals surface area contributed by atoms with Crippen molar-refractivity contribution in [3.63, 3.8) is 0 Å². The maximum absolute atomic E-state index is 2.55. The zero-order valence-corrected chi connectivity index (χ0v) is 7.97. The van der Waals surface area contributed by atoms with Gasteiger partial charge in [-0.1, -0.05) is 39.5 Å². The SMILES string of the molecule is CC(C)CCC1[CH]CCCC1. The standard InChI is InChI=1S/C11H21/c1-10(2)8-9-11-6-4-3-5-7-11/h6,10-11H,3-5,7-9H2,1-2H3. The lowest BCUT2D eigenvalue weighted by molar-refractivity contribution is 0.386. The van der Waals surface area contributed by atoms with Gasteiger partial charge in [0.2, 0.25) is 0 Å². The second kappa shape index (κ2) is 4.79. The van der Waals surface area contributed by atoms with Gasteiger partial charge in [0, 0.05) is 0 Å². The van der Waals surface area contributed by atoms with E-state index in [2.05, 4.69) is 20.3 Å². The number of hydrogen-bond donors (Lipinski definition) is 0. The van der Waals surface area contributed by atoms with Gasteiger partial charge in [-0.05, 0) is 31.1 Å². The van der Waals surface area contributed by atoms with Crippen LogP contribution < -0.4 is 0 Å². The summed E-state index contributed by atoms with van der Waals surface area (Å²) in [6.45, 7) is 4.64. The highest BCUT2D eigenvalue weighted by Gasteiger charge is 2.13. The predicted molar refractivity (Wildman–Crippen MR) is 50.3 cm³/mol. The first-order chi connectivity index (χ1) is 5.29. The van der Waals surface area contributed by atoms with Crippen LogP contribution in [0.1, 0.15) is 52.4 Å². The van der Waals surface area contributed by atoms with Crippen molar-refractivity contribution in [2.45, 2.75) is 52.4 Å². The Morgan fingerprint density at radius 3 is 2.73 bits per heavy atom. The Bertz CT molecular complexity index is 88.2. The molecule has 0 saturated heterocycles. The molecule has 0 aromatic carbocycles. The van der Waals surface area contributed by atoms with Crippen molar-refractivity contribution in [3.8, 4) is 0 Å². The molecule has 0 heteroatoms. The van der Waals surface area contributed by atoms with E-state index in [0.29, 0.717) is 0 Å². The first kappa shape index (κ1) is 9.09. The summed E-state index contributed by atoms with van der Waals surface area (Å²) in [5.74, 6) is 1.86. The lowest BCUT2D eigenvalue weighted by Gasteiger charge is -2.21. The Kier molecular flexibility index (Phi) is 3.96. The fourth-order valence-corrected chi connectivity index (χ4v) is 1.83. The Balaban J connectivity index is 2.05. The lowest BCUT2D eigenvalue weighted by atomic mass is 9.85. The molecule has 0 aromatic heterocycles. The highest BCUT2D eigenvalue weighted by Crippen LogP contribution is 2.27. The minimum absolute atomic E-state index is 0.894. The molecule has 1 unspecified atom stereocenters. The molecule has 0 nitrogen and oxygen atoms in total. The summed E-state index contributed by atoms with van der Waals surface area (Å²) in [6.07, 6.45) is 11.2. The summed E-state index contributed by atoms with van der Waals surface area (Å²) in [6, 6.07) is 0. The first-order valence-corrected chi connectivity index (χ1v) is 5.12. The molecular weight excluding hydrogens is 132 g/mol. The van der Waals surface area contributed by atoms with E-state index in [1.54, 1.807) is 0 Å². The molecular formula is C11H21. The third kappa shape index (κ3) is 3.79. The first-order valence-electron chi connectivity index (χ1n) is 5.12. The van der Waals surface area contributed by atoms with Crippen LogP contribution in [0.2, 0.25) is 0 Å². The van der Waals surface area contributed by atoms with Crippen molar-refractivity contribution >= 4 is 0 Å². The van der Waals surface area contributed by atoms with Gasteiger partial charge in [-0.15, -0.1) is 0 Å². The van der Waals surface area contributed by atoms with E-state index in [0.717, 1.165) is 11.8 Å². The summed E-state index contributed by atoms with van der Waals surface area (Å²) < 4.78 is 0. The molecule has 0 heterocycles. The average Bonchev–Trinajstić information content (AvgIpc) is 2.03. The van der Waals surface area contributed by atoms with Gasteiger partial charge in [-0.25, -0.2) is 0 Å². The van der Waals surface area contributed by atoms with Crippen LogP contribution in [-0.2, 0) is 0 Å². The van der Waals surface area contributed by atoms with Crippen LogP contribution in [0.4, 0.5) is 0 Å². The van der Waals surface area contributed by atoms with E-state index < -0.39 is 0 Å². The third-order valence-corrected chi connectivity index (χ3v) is 2.64. The minimum atomic E-state index is 0.894. The fourth-order valence-electron chi connectivity index (χ4n) is 1.83. The second-order valence-corrected chi connectivity index (χ2v) is 4.25. The molecule has 1 atom stereocenters. The summed E-state index contributed by atoms with van der Waals surface area (Å²) in [4.78, 5) is 0. The van der Waals surface area contributed by atoms with E-state index in [1.165, 1.54) is 38.5 Å². The van der Waals surface area contributed by atoms with E-state index >= 15 is 0 Å². The summed E-state index contributed by atoms with van der Waals surface area (Å²) in [7, 11) is 0. The molecule has 11 heavy (non-hydrogen) atoms. The molecule has 0 N–H and O–H groups in total. The Morgan fingerprint density at radius 1 is 1.36 bits per heavy atom. The molecule has 1 rings (SSSR count). The van der Waals surface area contributed by atoms with Crippen LogP contribution in [0.25, 0.3) is 0 Å². The topological polar surface area (TPSA) is 0 Å². The summed E-state index contributed by atoms with van der Waals surface area (Å²) >= 11 is 0. The van der Waals surface area contributed by atoms with Crippen LogP contribution in [0.15, 0.2) is 0 Å². The van der Waals surface area contributed by atoms with Crippen LogP contribution in [0, 0.1) is 18.3 Å². The zero-order chi connectivity index (χ0) is 8.10. The average molecular weight is 153 g/mol. The van der Waals surface area contributed by atoms with E-state index in [1.807, 2.05) is 0 Å². The summed E-state index contributed by atoms with van der Waals surface area (Å²) in [5.41, 5.74) is 0. The zero-order valence-electron chi connectivity index (χ0n) is 7.97. The van der Waals surface area contributed by atoms with Crippen LogP contribution in [0.3, 0.4) is 0 Å². The van der Waals surface area contributed by atoms with Gasteiger partial charge in [-0.2, -0.15) is 0 Å². The van der Waals surface area contributed by atoms with Crippen LogP contribution in [0.5, 0.6) is 0 Å². The molecule has 65 valence electrons. The molecule has 1 fully saturated rings. The normalized spacial score (nSPS) is 21.0. The highest BCUT2D eigenvalue weighted by atomic mass is 14.2. The van der Waals surface area contributed by atoms with E-state index in [9.17, 15) is 0 Å². The predicted octanol–water partition coefficient (Wildman–Crippen LogP) is 3.82. The van der Waals surface area contributed by atoms with Gasteiger partial charge in [0.1, 0.15) is 0 Å². The van der Waals surface area contributed by atoms with Gasteiger partial charge in [0.05, 0.1) is 0 Å². The smallest absolute Gasteiger partial charge is 0.0355 e. The molecule has 0 aromatic rings. The third-order valence-electron chi connectivity index (χ3n) is 2.64. The summed E-state index contributed by atoms with van der Waals surface area (Å²) in [5, 5.41) is 0. The number of rotatable bonds is 3. The van der Waals surface area contributed by atoms with Gasteiger partial charge >= 0.3 is 0 Å². The Morgan fingerprint density at radius 2 is 2.18 bits per heavy atom. The molecule has 1 saturated carbocycles. The maximum Gasteiger partial charge on any atom is -0.0355 e. The van der Waals surface area contributed by atoms with E-state index in [4.69, 9.17) is 0 Å². The minimum Gasteiger partial charge on any atom is -0.0628 e. The quantitative estimate of drug-likeness (QED) is 0.578. The van der Waals surface area contributed by atoms with Gasteiger partial charge in [-0.3, -0.25) is 0 Å². The van der Waals surface area contributed by atoms with E-state index in [-0.39, 0.29) is 0 Å². The van der Waals surface area contributed by atoms with Crippen molar-refractivity contribution in [2.75, 3.05) is 0 Å². The van der Waals surface area contributed by atoms with Crippen molar-refractivity contribution in [3.05, 3.63) is 6.42 Å².